The Morgan fingerprint density at radius 1 is 1.27 bits per heavy atom. The van der Waals surface area contributed by atoms with Crippen molar-refractivity contribution in [3.63, 3.8) is 0 Å². The zero-order chi connectivity index (χ0) is 16.7. The molecule has 0 aromatic heterocycles. The molecule has 0 amide bonds. The number of likely N-dealkylation sites (N-methyl/N-ethyl adjacent to an activating group) is 1. The van der Waals surface area contributed by atoms with Crippen molar-refractivity contribution in [1.29, 1.82) is 0 Å². The van der Waals surface area contributed by atoms with Crippen LogP contribution in [0.1, 0.15) is 5.56 Å². The highest BCUT2D eigenvalue weighted by molar-refractivity contribution is 5.95. The second-order valence-corrected chi connectivity index (χ2v) is 4.29. The number of nitro benzene ring substituents is 1. The van der Waals surface area contributed by atoms with Gasteiger partial charge in [0.1, 0.15) is 5.70 Å². The van der Waals surface area contributed by atoms with Crippen LogP contribution in [0.3, 0.4) is 0 Å². The Labute approximate surface area is 127 Å². The summed E-state index contributed by atoms with van der Waals surface area (Å²) in [4.78, 5) is 34.9. The van der Waals surface area contributed by atoms with Crippen LogP contribution in [0.4, 0.5) is 5.69 Å². The third-order valence-electron chi connectivity index (χ3n) is 2.86. The van der Waals surface area contributed by atoms with Gasteiger partial charge in [0, 0.05) is 25.2 Å². The summed E-state index contributed by atoms with van der Waals surface area (Å²) in [6.45, 7) is 0.0507. The number of esters is 2. The van der Waals surface area contributed by atoms with Crippen LogP contribution >= 0.6 is 0 Å². The summed E-state index contributed by atoms with van der Waals surface area (Å²) in [6, 6.07) is 6.14. The van der Waals surface area contributed by atoms with Crippen molar-refractivity contribution < 1.29 is 24.0 Å². The lowest BCUT2D eigenvalue weighted by Crippen LogP contribution is -2.25. The maximum Gasteiger partial charge on any atom is 0.354 e. The summed E-state index contributed by atoms with van der Waals surface area (Å²) in [6.07, 6.45) is 0.973. The first-order valence-corrected chi connectivity index (χ1v) is 6.22. The van der Waals surface area contributed by atoms with E-state index < -0.39 is 16.9 Å². The molecule has 0 atom stereocenters. The molecule has 8 nitrogen and oxygen atoms in total. The van der Waals surface area contributed by atoms with E-state index in [0.29, 0.717) is 5.56 Å². The van der Waals surface area contributed by atoms with Gasteiger partial charge in [0.25, 0.3) is 5.69 Å². The molecule has 0 N–H and O–H groups in total. The largest absolute Gasteiger partial charge is 0.466 e. The van der Waals surface area contributed by atoms with Crippen LogP contribution in [0.15, 0.2) is 36.0 Å². The molecule has 0 fully saturated rings. The molecule has 0 saturated heterocycles. The van der Waals surface area contributed by atoms with Gasteiger partial charge in [-0.15, -0.1) is 0 Å². The van der Waals surface area contributed by atoms with Gasteiger partial charge in [-0.3, -0.25) is 10.1 Å². The summed E-state index contributed by atoms with van der Waals surface area (Å²) >= 11 is 0. The number of ether oxygens (including phenoxy) is 2. The van der Waals surface area contributed by atoms with E-state index in [2.05, 4.69) is 9.47 Å². The predicted molar refractivity (Wildman–Crippen MR) is 76.7 cm³/mol. The number of carbonyl (C=O) groups is 2. The van der Waals surface area contributed by atoms with E-state index in [1.54, 1.807) is 18.2 Å². The third kappa shape index (κ3) is 4.30. The number of rotatable bonds is 6. The molecule has 0 saturated carbocycles. The maximum absolute atomic E-state index is 11.7. The van der Waals surface area contributed by atoms with Crippen molar-refractivity contribution in [2.24, 2.45) is 0 Å². The van der Waals surface area contributed by atoms with Crippen LogP contribution in [0, 0.1) is 10.1 Å². The van der Waals surface area contributed by atoms with Gasteiger partial charge in [0.05, 0.1) is 25.2 Å². The molecule has 0 bridgehead atoms. The predicted octanol–water partition coefficient (Wildman–Crippen LogP) is 1.26. The number of hydrogen-bond donors (Lipinski definition) is 0. The van der Waals surface area contributed by atoms with Gasteiger partial charge < -0.3 is 14.4 Å². The van der Waals surface area contributed by atoms with Gasteiger partial charge in [-0.2, -0.15) is 0 Å². The Bertz CT molecular complexity index is 611. The molecule has 1 rings (SSSR count). The van der Waals surface area contributed by atoms with Crippen molar-refractivity contribution >= 4 is 17.6 Å². The van der Waals surface area contributed by atoms with Crippen LogP contribution in [-0.2, 0) is 25.6 Å². The summed E-state index contributed by atoms with van der Waals surface area (Å²) < 4.78 is 9.08. The Balaban J connectivity index is 3.09. The molecule has 1 aromatic carbocycles. The summed E-state index contributed by atoms with van der Waals surface area (Å²) in [5, 5.41) is 11.0. The Morgan fingerprint density at radius 3 is 2.45 bits per heavy atom. The standard InChI is InChI=1S/C14H16N2O6/c1-15(12(14(18)22-3)8-13(17)21-2)9-10-6-4-5-7-11(10)16(19)20/h4-8H,9H2,1-3H3/b12-8+. The number of nitrogens with zero attached hydrogens (tertiary/aromatic N) is 2. The first kappa shape index (κ1) is 17.2. The molecule has 0 aliphatic rings. The summed E-state index contributed by atoms with van der Waals surface area (Å²) in [7, 11) is 3.87. The molecule has 0 aliphatic carbocycles. The van der Waals surface area contributed by atoms with E-state index in [9.17, 15) is 19.7 Å². The monoisotopic (exact) mass is 308 g/mol. The summed E-state index contributed by atoms with van der Waals surface area (Å²) in [5.41, 5.74) is 0.263. The van der Waals surface area contributed by atoms with Crippen molar-refractivity contribution in [2.45, 2.75) is 6.54 Å². The first-order chi connectivity index (χ1) is 10.4. The highest BCUT2D eigenvalue weighted by Crippen LogP contribution is 2.20. The van der Waals surface area contributed by atoms with Gasteiger partial charge in [-0.1, -0.05) is 18.2 Å². The number of carbonyl (C=O) groups excluding carboxylic acids is 2. The fourth-order valence-electron chi connectivity index (χ4n) is 1.76. The maximum atomic E-state index is 11.7. The minimum absolute atomic E-state index is 0.0507. The van der Waals surface area contributed by atoms with E-state index in [1.165, 1.54) is 32.2 Å². The average molecular weight is 308 g/mol. The fourth-order valence-corrected chi connectivity index (χ4v) is 1.76. The summed E-state index contributed by atoms with van der Waals surface area (Å²) in [5.74, 6) is -1.47. The van der Waals surface area contributed by atoms with Crippen molar-refractivity contribution in [2.75, 3.05) is 21.3 Å². The zero-order valence-electron chi connectivity index (χ0n) is 12.4. The molecule has 8 heteroatoms. The number of nitro groups is 1. The topological polar surface area (TPSA) is 99.0 Å². The number of benzene rings is 1. The Hall–Kier alpha value is -2.90. The third-order valence-corrected chi connectivity index (χ3v) is 2.86. The zero-order valence-corrected chi connectivity index (χ0v) is 12.4. The lowest BCUT2D eigenvalue weighted by atomic mass is 10.1. The van der Waals surface area contributed by atoms with Crippen molar-refractivity contribution in [3.8, 4) is 0 Å². The van der Waals surface area contributed by atoms with Crippen LogP contribution in [0.25, 0.3) is 0 Å². The van der Waals surface area contributed by atoms with Gasteiger partial charge in [0.2, 0.25) is 0 Å². The Kier molecular flexibility index (Phi) is 6.06. The van der Waals surface area contributed by atoms with E-state index in [1.807, 2.05) is 0 Å². The van der Waals surface area contributed by atoms with Gasteiger partial charge in [-0.25, -0.2) is 9.59 Å². The number of para-hydroxylation sites is 1. The average Bonchev–Trinajstić information content (AvgIpc) is 2.51. The van der Waals surface area contributed by atoms with E-state index >= 15 is 0 Å². The van der Waals surface area contributed by atoms with Gasteiger partial charge in [0.15, 0.2) is 0 Å². The van der Waals surface area contributed by atoms with Crippen LogP contribution in [0.5, 0.6) is 0 Å². The molecule has 0 aliphatic heterocycles. The van der Waals surface area contributed by atoms with E-state index in [-0.39, 0.29) is 17.9 Å². The van der Waals surface area contributed by atoms with Crippen LogP contribution < -0.4 is 0 Å². The molecular weight excluding hydrogens is 292 g/mol. The van der Waals surface area contributed by atoms with Crippen LogP contribution in [-0.4, -0.2) is 43.0 Å². The smallest absolute Gasteiger partial charge is 0.354 e. The van der Waals surface area contributed by atoms with Gasteiger partial charge >= 0.3 is 11.9 Å². The molecule has 1 aromatic rings. The molecule has 0 spiro atoms. The van der Waals surface area contributed by atoms with Crippen molar-refractivity contribution in [1.82, 2.24) is 4.90 Å². The van der Waals surface area contributed by atoms with Gasteiger partial charge in [-0.05, 0) is 0 Å². The molecular formula is C14H16N2O6. The first-order valence-electron chi connectivity index (χ1n) is 6.22. The molecule has 118 valence electrons. The minimum atomic E-state index is -0.744. The number of methoxy groups -OCH3 is 2. The molecule has 0 heterocycles. The van der Waals surface area contributed by atoms with Crippen molar-refractivity contribution in [3.05, 3.63) is 51.7 Å². The second-order valence-electron chi connectivity index (χ2n) is 4.29. The Morgan fingerprint density at radius 2 is 1.91 bits per heavy atom. The van der Waals surface area contributed by atoms with E-state index in [4.69, 9.17) is 0 Å². The highest BCUT2D eigenvalue weighted by atomic mass is 16.6. The lowest BCUT2D eigenvalue weighted by Gasteiger charge is -2.20. The minimum Gasteiger partial charge on any atom is -0.466 e. The second kappa shape index (κ2) is 7.77. The highest BCUT2D eigenvalue weighted by Gasteiger charge is 2.20. The number of hydrogen-bond acceptors (Lipinski definition) is 7. The fraction of sp³-hybridized carbons (Fsp3) is 0.286. The quantitative estimate of drug-likeness (QED) is 0.337. The van der Waals surface area contributed by atoms with E-state index in [0.717, 1.165) is 6.08 Å². The molecule has 0 unspecified atom stereocenters. The lowest BCUT2D eigenvalue weighted by molar-refractivity contribution is -0.385. The van der Waals surface area contributed by atoms with Crippen LogP contribution in [0.2, 0.25) is 0 Å². The molecule has 0 radical (unpaired) electrons. The molecule has 22 heavy (non-hydrogen) atoms. The normalized spacial score (nSPS) is 10.8. The SMILES string of the molecule is COC(=O)/C=C(\C(=O)OC)N(C)Cc1ccccc1[N+](=O)[O-].